The van der Waals surface area contributed by atoms with Gasteiger partial charge in [-0.15, -0.1) is 12.4 Å². The maximum absolute atomic E-state index is 13.1. The van der Waals surface area contributed by atoms with Crippen molar-refractivity contribution in [2.45, 2.75) is 26.2 Å². The number of carbonyl (C=O) groups excluding carboxylic acids is 1. The van der Waals surface area contributed by atoms with Gasteiger partial charge in [-0.2, -0.15) is 0 Å². The summed E-state index contributed by atoms with van der Waals surface area (Å²) in [7, 11) is 0. The number of halogens is 3. The summed E-state index contributed by atoms with van der Waals surface area (Å²) in [5, 5.41) is 5.92. The van der Waals surface area contributed by atoms with Crippen molar-refractivity contribution in [3.8, 4) is 0 Å². The first-order chi connectivity index (χ1) is 9.06. The molecule has 0 aliphatic rings. The smallest absolute Gasteiger partial charge is 0.227 e. The standard InChI is InChI=1S/C14H20F2N2O.ClH/c1-3-6-17-7-8-18-14(19)10(2)11-4-5-12(15)13(16)9-11;/h4-5,9-10,17H,3,6-8H2,1-2H3,(H,18,19);1H. The summed E-state index contributed by atoms with van der Waals surface area (Å²) in [5.74, 6) is -2.52. The van der Waals surface area contributed by atoms with Gasteiger partial charge in [-0.25, -0.2) is 8.78 Å². The molecule has 0 aliphatic heterocycles. The quantitative estimate of drug-likeness (QED) is 0.760. The summed E-state index contributed by atoms with van der Waals surface area (Å²) < 4.78 is 25.9. The van der Waals surface area contributed by atoms with Gasteiger partial charge in [-0.1, -0.05) is 13.0 Å². The third-order valence-corrected chi connectivity index (χ3v) is 2.86. The van der Waals surface area contributed by atoms with Crippen LogP contribution in [0.1, 0.15) is 31.7 Å². The lowest BCUT2D eigenvalue weighted by Crippen LogP contribution is -2.34. The first-order valence-corrected chi connectivity index (χ1v) is 6.49. The first-order valence-electron chi connectivity index (χ1n) is 6.49. The van der Waals surface area contributed by atoms with Crippen LogP contribution >= 0.6 is 12.4 Å². The minimum absolute atomic E-state index is 0. The third kappa shape index (κ3) is 5.84. The van der Waals surface area contributed by atoms with Gasteiger partial charge in [-0.3, -0.25) is 4.79 Å². The summed E-state index contributed by atoms with van der Waals surface area (Å²) in [6.07, 6.45) is 1.04. The molecule has 2 N–H and O–H groups in total. The Morgan fingerprint density at radius 2 is 1.90 bits per heavy atom. The molecule has 1 aromatic carbocycles. The van der Waals surface area contributed by atoms with E-state index in [4.69, 9.17) is 0 Å². The average molecular weight is 307 g/mol. The summed E-state index contributed by atoms with van der Waals surface area (Å²) in [6, 6.07) is 3.53. The van der Waals surface area contributed by atoms with Gasteiger partial charge in [0.25, 0.3) is 0 Å². The molecule has 3 nitrogen and oxygen atoms in total. The number of hydrogen-bond donors (Lipinski definition) is 2. The molecule has 0 aromatic heterocycles. The lowest BCUT2D eigenvalue weighted by molar-refractivity contribution is -0.122. The van der Waals surface area contributed by atoms with E-state index in [9.17, 15) is 13.6 Å². The molecule has 20 heavy (non-hydrogen) atoms. The van der Waals surface area contributed by atoms with E-state index in [2.05, 4.69) is 17.6 Å². The Hall–Kier alpha value is -1.20. The van der Waals surface area contributed by atoms with Gasteiger partial charge in [0, 0.05) is 13.1 Å². The molecule has 0 saturated carbocycles. The highest BCUT2D eigenvalue weighted by molar-refractivity contribution is 5.85. The molecule has 0 fully saturated rings. The number of hydrogen-bond acceptors (Lipinski definition) is 2. The van der Waals surface area contributed by atoms with Crippen molar-refractivity contribution in [3.05, 3.63) is 35.4 Å². The number of amides is 1. The Balaban J connectivity index is 0.00000361. The molecule has 114 valence electrons. The number of carbonyl (C=O) groups is 1. The molecular formula is C14H21ClF2N2O. The Labute approximate surface area is 124 Å². The van der Waals surface area contributed by atoms with Gasteiger partial charge < -0.3 is 10.6 Å². The van der Waals surface area contributed by atoms with Crippen molar-refractivity contribution in [3.63, 3.8) is 0 Å². The average Bonchev–Trinajstić information content (AvgIpc) is 2.40. The second kappa shape index (κ2) is 9.66. The second-order valence-corrected chi connectivity index (χ2v) is 4.44. The SMILES string of the molecule is CCCNCCNC(=O)C(C)c1ccc(F)c(F)c1.Cl. The van der Waals surface area contributed by atoms with Gasteiger partial charge in [0.05, 0.1) is 5.92 Å². The highest BCUT2D eigenvalue weighted by atomic mass is 35.5. The van der Waals surface area contributed by atoms with E-state index < -0.39 is 17.6 Å². The van der Waals surface area contributed by atoms with Crippen LogP contribution in [0.5, 0.6) is 0 Å². The Bertz CT molecular complexity index is 430. The lowest BCUT2D eigenvalue weighted by atomic mass is 10.0. The van der Waals surface area contributed by atoms with E-state index >= 15 is 0 Å². The summed E-state index contributed by atoms with van der Waals surface area (Å²) >= 11 is 0. The fraction of sp³-hybridized carbons (Fsp3) is 0.500. The topological polar surface area (TPSA) is 41.1 Å². The highest BCUT2D eigenvalue weighted by Gasteiger charge is 2.16. The van der Waals surface area contributed by atoms with Gasteiger partial charge in [0.2, 0.25) is 5.91 Å². The molecule has 1 aromatic rings. The zero-order chi connectivity index (χ0) is 14.3. The van der Waals surface area contributed by atoms with Crippen molar-refractivity contribution in [2.24, 2.45) is 0 Å². The predicted molar refractivity (Wildman–Crippen MR) is 78.2 cm³/mol. The largest absolute Gasteiger partial charge is 0.354 e. The van der Waals surface area contributed by atoms with E-state index in [0.717, 1.165) is 25.1 Å². The Morgan fingerprint density at radius 3 is 2.50 bits per heavy atom. The molecule has 0 saturated heterocycles. The molecule has 0 heterocycles. The van der Waals surface area contributed by atoms with Gasteiger partial charge in [0.15, 0.2) is 11.6 Å². The first kappa shape index (κ1) is 18.8. The maximum atomic E-state index is 13.1. The third-order valence-electron chi connectivity index (χ3n) is 2.86. The minimum Gasteiger partial charge on any atom is -0.354 e. The van der Waals surface area contributed by atoms with E-state index in [1.807, 2.05) is 0 Å². The van der Waals surface area contributed by atoms with E-state index in [1.54, 1.807) is 6.92 Å². The van der Waals surface area contributed by atoms with E-state index in [-0.39, 0.29) is 18.3 Å². The maximum Gasteiger partial charge on any atom is 0.227 e. The van der Waals surface area contributed by atoms with Crippen LogP contribution in [0.3, 0.4) is 0 Å². The lowest BCUT2D eigenvalue weighted by Gasteiger charge is -2.13. The van der Waals surface area contributed by atoms with Crippen LogP contribution in [0, 0.1) is 11.6 Å². The van der Waals surface area contributed by atoms with E-state index in [1.165, 1.54) is 6.07 Å². The normalized spacial score (nSPS) is 11.6. The summed E-state index contributed by atoms with van der Waals surface area (Å²) in [4.78, 5) is 11.8. The summed E-state index contributed by atoms with van der Waals surface area (Å²) in [6.45, 7) is 5.86. The number of nitrogens with one attached hydrogen (secondary N) is 2. The van der Waals surface area contributed by atoms with Crippen LogP contribution in [0.4, 0.5) is 8.78 Å². The monoisotopic (exact) mass is 306 g/mol. The zero-order valence-corrected chi connectivity index (χ0v) is 12.5. The molecule has 6 heteroatoms. The fourth-order valence-electron chi connectivity index (χ4n) is 1.66. The number of rotatable bonds is 7. The molecule has 1 atom stereocenters. The van der Waals surface area contributed by atoms with Gasteiger partial charge in [-0.05, 0) is 37.6 Å². The molecular weight excluding hydrogens is 286 g/mol. The molecule has 1 amide bonds. The minimum atomic E-state index is -0.929. The summed E-state index contributed by atoms with van der Waals surface area (Å²) in [5.41, 5.74) is 0.470. The predicted octanol–water partition coefficient (Wildman–Crippen LogP) is 2.61. The van der Waals surface area contributed by atoms with Crippen molar-refractivity contribution >= 4 is 18.3 Å². The Morgan fingerprint density at radius 1 is 1.20 bits per heavy atom. The molecule has 1 unspecified atom stereocenters. The van der Waals surface area contributed by atoms with E-state index in [0.29, 0.717) is 18.7 Å². The second-order valence-electron chi connectivity index (χ2n) is 4.44. The van der Waals surface area contributed by atoms with Crippen molar-refractivity contribution in [1.82, 2.24) is 10.6 Å². The molecule has 0 bridgehead atoms. The number of benzene rings is 1. The molecule has 0 spiro atoms. The molecule has 0 aliphatic carbocycles. The zero-order valence-electron chi connectivity index (χ0n) is 11.7. The van der Waals surface area contributed by atoms with Crippen LogP contribution in [0.15, 0.2) is 18.2 Å². The molecule has 1 rings (SSSR count). The van der Waals surface area contributed by atoms with Gasteiger partial charge >= 0.3 is 0 Å². The van der Waals surface area contributed by atoms with Crippen molar-refractivity contribution in [2.75, 3.05) is 19.6 Å². The van der Waals surface area contributed by atoms with Crippen LogP contribution < -0.4 is 10.6 Å². The van der Waals surface area contributed by atoms with Crippen LogP contribution in [0.2, 0.25) is 0 Å². The fourth-order valence-corrected chi connectivity index (χ4v) is 1.66. The van der Waals surface area contributed by atoms with Crippen LogP contribution in [0.25, 0.3) is 0 Å². The Kier molecular flexibility index (Phi) is 9.08. The van der Waals surface area contributed by atoms with Crippen molar-refractivity contribution < 1.29 is 13.6 Å². The van der Waals surface area contributed by atoms with Crippen molar-refractivity contribution in [1.29, 1.82) is 0 Å². The molecule has 0 radical (unpaired) electrons. The van der Waals surface area contributed by atoms with Crippen LogP contribution in [-0.2, 0) is 4.79 Å². The van der Waals surface area contributed by atoms with Crippen LogP contribution in [-0.4, -0.2) is 25.5 Å². The highest BCUT2D eigenvalue weighted by Crippen LogP contribution is 2.18. The van der Waals surface area contributed by atoms with Gasteiger partial charge in [0.1, 0.15) is 0 Å².